The molecule has 11 heteroatoms. The van der Waals surface area contributed by atoms with Gasteiger partial charge in [0.25, 0.3) is 5.91 Å². The maximum absolute atomic E-state index is 12.4. The Kier molecular flexibility index (Phi) is 7.83. The number of nitrogens with one attached hydrogen (secondary N) is 1. The summed E-state index contributed by atoms with van der Waals surface area (Å²) in [7, 11) is 0. The Hall–Kier alpha value is -3.76. The maximum Gasteiger partial charge on any atom is 0.387 e. The summed E-state index contributed by atoms with van der Waals surface area (Å²) in [5.41, 5.74) is 2.38. The van der Waals surface area contributed by atoms with Crippen molar-refractivity contribution in [2.45, 2.75) is 13.5 Å². The van der Waals surface area contributed by atoms with Gasteiger partial charge in [-0.05, 0) is 36.8 Å². The largest absolute Gasteiger partial charge is 0.490 e. The monoisotopic (exact) mass is 409 g/mol. The highest BCUT2D eigenvalue weighted by Gasteiger charge is 2.15. The normalized spacial score (nSPS) is 10.8. The van der Waals surface area contributed by atoms with Gasteiger partial charge < -0.3 is 14.2 Å². The van der Waals surface area contributed by atoms with Gasteiger partial charge in [-0.1, -0.05) is 12.1 Å². The zero-order chi connectivity index (χ0) is 21.2. The van der Waals surface area contributed by atoms with Crippen molar-refractivity contribution < 1.29 is 32.7 Å². The number of hydrogen-bond acceptors (Lipinski definition) is 7. The molecule has 0 aliphatic rings. The van der Waals surface area contributed by atoms with Gasteiger partial charge in [0.1, 0.15) is 0 Å². The Labute approximate surface area is 164 Å². The fraction of sp³-hybridized carbons (Fsp3) is 0.222. The Morgan fingerprint density at radius 2 is 1.97 bits per heavy atom. The number of alkyl halides is 2. The highest BCUT2D eigenvalue weighted by atomic mass is 19.3. The first-order valence-electron chi connectivity index (χ1n) is 8.30. The number of hydrazone groups is 1. The van der Waals surface area contributed by atoms with Crippen LogP contribution in [0, 0.1) is 10.1 Å². The van der Waals surface area contributed by atoms with Crippen LogP contribution in [0.25, 0.3) is 0 Å². The highest BCUT2D eigenvalue weighted by molar-refractivity contribution is 5.83. The van der Waals surface area contributed by atoms with Gasteiger partial charge in [-0.3, -0.25) is 14.9 Å². The van der Waals surface area contributed by atoms with E-state index in [1.54, 1.807) is 6.92 Å². The molecule has 0 aromatic heterocycles. The molecule has 0 atom stereocenters. The van der Waals surface area contributed by atoms with E-state index < -0.39 is 24.0 Å². The minimum Gasteiger partial charge on any atom is -0.490 e. The van der Waals surface area contributed by atoms with Crippen molar-refractivity contribution in [1.82, 2.24) is 5.43 Å². The molecule has 0 unspecified atom stereocenters. The molecular weight excluding hydrogens is 392 g/mol. The molecule has 1 N–H and O–H groups in total. The zero-order valence-electron chi connectivity index (χ0n) is 15.2. The summed E-state index contributed by atoms with van der Waals surface area (Å²) >= 11 is 0. The van der Waals surface area contributed by atoms with Crippen molar-refractivity contribution in [2.75, 3.05) is 13.2 Å². The van der Waals surface area contributed by atoms with E-state index in [0.29, 0.717) is 5.56 Å². The van der Waals surface area contributed by atoms with E-state index >= 15 is 0 Å². The molecule has 154 valence electrons. The second-order valence-electron chi connectivity index (χ2n) is 5.32. The van der Waals surface area contributed by atoms with Crippen molar-refractivity contribution in [2.24, 2.45) is 5.10 Å². The summed E-state index contributed by atoms with van der Waals surface area (Å²) < 4.78 is 39.5. The van der Waals surface area contributed by atoms with Gasteiger partial charge in [-0.15, -0.1) is 0 Å². The fourth-order valence-corrected chi connectivity index (χ4v) is 2.15. The Morgan fingerprint density at radius 3 is 2.66 bits per heavy atom. The van der Waals surface area contributed by atoms with E-state index in [4.69, 9.17) is 9.47 Å². The van der Waals surface area contributed by atoms with Crippen LogP contribution < -0.4 is 19.6 Å². The molecule has 2 rings (SSSR count). The number of hydrogen-bond donors (Lipinski definition) is 1. The third-order valence-corrected chi connectivity index (χ3v) is 3.31. The SMILES string of the molecule is CCOc1cc(/C=N\NC(=O)COc2ccccc2[N+](=O)[O-])ccc1OC(F)F. The molecule has 0 aliphatic heterocycles. The number of benzene rings is 2. The number of para-hydroxylation sites is 2. The van der Waals surface area contributed by atoms with E-state index in [1.165, 1.54) is 48.7 Å². The molecule has 9 nitrogen and oxygen atoms in total. The molecule has 2 aromatic carbocycles. The topological polar surface area (TPSA) is 112 Å². The number of nitro groups is 1. The highest BCUT2D eigenvalue weighted by Crippen LogP contribution is 2.29. The number of amides is 1. The quantitative estimate of drug-likeness (QED) is 0.367. The first-order chi connectivity index (χ1) is 13.9. The average molecular weight is 409 g/mol. The third kappa shape index (κ3) is 6.72. The lowest BCUT2D eigenvalue weighted by atomic mass is 10.2. The molecule has 0 spiro atoms. The number of carbonyl (C=O) groups excluding carboxylic acids is 1. The van der Waals surface area contributed by atoms with E-state index in [2.05, 4.69) is 15.3 Å². The first-order valence-corrected chi connectivity index (χ1v) is 8.30. The van der Waals surface area contributed by atoms with Crippen LogP contribution in [-0.2, 0) is 4.79 Å². The van der Waals surface area contributed by atoms with Gasteiger partial charge in [-0.25, -0.2) is 5.43 Å². The Bertz CT molecular complexity index is 892. The van der Waals surface area contributed by atoms with Crippen molar-refractivity contribution in [1.29, 1.82) is 0 Å². The van der Waals surface area contributed by atoms with Crippen LogP contribution in [0.4, 0.5) is 14.5 Å². The van der Waals surface area contributed by atoms with Gasteiger partial charge >= 0.3 is 12.3 Å². The molecule has 0 saturated carbocycles. The molecule has 0 bridgehead atoms. The summed E-state index contributed by atoms with van der Waals surface area (Å²) in [6.45, 7) is -1.56. The number of rotatable bonds is 10. The predicted octanol–water partition coefficient (Wildman–Crippen LogP) is 3.12. The molecule has 0 fully saturated rings. The number of ether oxygens (including phenoxy) is 3. The van der Waals surface area contributed by atoms with Crippen LogP contribution >= 0.6 is 0 Å². The summed E-state index contributed by atoms with van der Waals surface area (Å²) in [5, 5.41) is 14.6. The lowest BCUT2D eigenvalue weighted by Gasteiger charge is -2.11. The van der Waals surface area contributed by atoms with Crippen molar-refractivity contribution >= 4 is 17.8 Å². The second kappa shape index (κ2) is 10.5. The smallest absolute Gasteiger partial charge is 0.387 e. The summed E-state index contributed by atoms with van der Waals surface area (Å²) in [5.74, 6) is -0.724. The lowest BCUT2D eigenvalue weighted by molar-refractivity contribution is -0.385. The predicted molar refractivity (Wildman–Crippen MR) is 98.6 cm³/mol. The van der Waals surface area contributed by atoms with Gasteiger partial charge in [0.2, 0.25) is 0 Å². The van der Waals surface area contributed by atoms with Crippen molar-refractivity contribution in [3.05, 3.63) is 58.1 Å². The zero-order valence-corrected chi connectivity index (χ0v) is 15.2. The van der Waals surface area contributed by atoms with Gasteiger partial charge in [0, 0.05) is 6.07 Å². The van der Waals surface area contributed by atoms with Crippen LogP contribution in [0.1, 0.15) is 12.5 Å². The summed E-state index contributed by atoms with van der Waals surface area (Å²) in [4.78, 5) is 22.1. The minimum absolute atomic E-state index is 0.0485. The van der Waals surface area contributed by atoms with Crippen LogP contribution in [-0.4, -0.2) is 36.9 Å². The van der Waals surface area contributed by atoms with E-state index in [9.17, 15) is 23.7 Å². The van der Waals surface area contributed by atoms with Gasteiger partial charge in [0.15, 0.2) is 23.9 Å². The Morgan fingerprint density at radius 1 is 1.21 bits per heavy atom. The number of halogens is 2. The minimum atomic E-state index is -2.99. The second-order valence-corrected chi connectivity index (χ2v) is 5.32. The third-order valence-electron chi connectivity index (χ3n) is 3.31. The van der Waals surface area contributed by atoms with E-state index in [-0.39, 0.29) is 29.5 Å². The molecule has 0 aliphatic carbocycles. The first kappa shape index (κ1) is 21.5. The fourth-order valence-electron chi connectivity index (χ4n) is 2.15. The molecule has 0 radical (unpaired) electrons. The van der Waals surface area contributed by atoms with Crippen molar-refractivity contribution in [3.63, 3.8) is 0 Å². The summed E-state index contributed by atoms with van der Waals surface area (Å²) in [6, 6.07) is 9.79. The van der Waals surface area contributed by atoms with Crippen LogP contribution in [0.15, 0.2) is 47.6 Å². The number of carbonyl (C=O) groups is 1. The van der Waals surface area contributed by atoms with E-state index in [1.807, 2.05) is 0 Å². The molecule has 1 amide bonds. The standard InChI is InChI=1S/C18H17F2N3O6/c1-2-27-16-9-12(7-8-15(16)29-18(19)20)10-21-22-17(24)11-28-14-6-4-3-5-13(14)23(25)26/h3-10,18H,2,11H2,1H3,(H,22,24)/b21-10-. The molecule has 0 heterocycles. The van der Waals surface area contributed by atoms with E-state index in [0.717, 1.165) is 0 Å². The Balaban J connectivity index is 1.94. The van der Waals surface area contributed by atoms with Crippen LogP contribution in [0.2, 0.25) is 0 Å². The molecule has 2 aromatic rings. The van der Waals surface area contributed by atoms with Crippen LogP contribution in [0.5, 0.6) is 17.2 Å². The van der Waals surface area contributed by atoms with Crippen LogP contribution in [0.3, 0.4) is 0 Å². The molecular formula is C18H17F2N3O6. The maximum atomic E-state index is 12.4. The molecule has 29 heavy (non-hydrogen) atoms. The van der Waals surface area contributed by atoms with Gasteiger partial charge in [-0.2, -0.15) is 13.9 Å². The average Bonchev–Trinajstić information content (AvgIpc) is 2.68. The molecule has 0 saturated heterocycles. The summed E-state index contributed by atoms with van der Waals surface area (Å²) in [6.07, 6.45) is 1.26. The number of nitrogens with zero attached hydrogens (tertiary/aromatic N) is 2. The number of nitro benzene ring substituents is 1. The van der Waals surface area contributed by atoms with Gasteiger partial charge in [0.05, 0.1) is 17.7 Å². The lowest BCUT2D eigenvalue weighted by Crippen LogP contribution is -2.24. The van der Waals surface area contributed by atoms with Crippen molar-refractivity contribution in [3.8, 4) is 17.2 Å².